The van der Waals surface area contributed by atoms with Crippen molar-refractivity contribution in [3.63, 3.8) is 0 Å². The van der Waals surface area contributed by atoms with E-state index >= 15 is 0 Å². The Kier molecular flexibility index (Phi) is 4.59. The quantitative estimate of drug-likeness (QED) is 0.740. The molecule has 0 heterocycles. The fraction of sp³-hybridized carbons (Fsp3) is 0.222. The lowest BCUT2D eigenvalue weighted by Gasteiger charge is -2.08. The molecule has 0 aliphatic rings. The number of amides is 1. The Morgan fingerprint density at radius 1 is 1.47 bits per heavy atom. The summed E-state index contributed by atoms with van der Waals surface area (Å²) in [5.41, 5.74) is 5.21. The topological polar surface area (TPSA) is 98.5 Å². The molecule has 6 nitrogen and oxygen atoms in total. The predicted molar refractivity (Wildman–Crippen MR) is 64.4 cm³/mol. The standard InChI is InChI=1S/C9H11ClN2O4S/c10-6-17(14,15)12-7-2-1-3-8(4-7)16-5-9(11)13/h1-4,12H,5-6H2,(H2,11,13). The molecule has 0 aromatic heterocycles. The summed E-state index contributed by atoms with van der Waals surface area (Å²) in [7, 11) is -3.55. The van der Waals surface area contributed by atoms with E-state index in [1.165, 1.54) is 12.1 Å². The molecule has 1 aromatic carbocycles. The van der Waals surface area contributed by atoms with Crippen molar-refractivity contribution in [2.45, 2.75) is 0 Å². The van der Waals surface area contributed by atoms with Crippen molar-refractivity contribution in [3.05, 3.63) is 24.3 Å². The zero-order chi connectivity index (χ0) is 12.9. The number of nitrogens with one attached hydrogen (secondary N) is 1. The van der Waals surface area contributed by atoms with Crippen LogP contribution in [0.5, 0.6) is 5.75 Å². The molecule has 3 N–H and O–H groups in total. The molecule has 0 saturated carbocycles. The molecule has 0 radical (unpaired) electrons. The number of sulfonamides is 1. The largest absolute Gasteiger partial charge is 0.484 e. The lowest BCUT2D eigenvalue weighted by atomic mass is 10.3. The number of alkyl halides is 1. The fourth-order valence-electron chi connectivity index (χ4n) is 1.01. The van der Waals surface area contributed by atoms with Crippen molar-refractivity contribution in [2.75, 3.05) is 16.5 Å². The van der Waals surface area contributed by atoms with Crippen LogP contribution in [0.2, 0.25) is 0 Å². The lowest BCUT2D eigenvalue weighted by Crippen LogP contribution is -2.20. The van der Waals surface area contributed by atoms with Crippen molar-refractivity contribution in [3.8, 4) is 5.75 Å². The third kappa shape index (κ3) is 4.92. The van der Waals surface area contributed by atoms with Crippen LogP contribution >= 0.6 is 11.6 Å². The minimum absolute atomic E-state index is 0.272. The minimum Gasteiger partial charge on any atom is -0.484 e. The Morgan fingerprint density at radius 3 is 2.76 bits per heavy atom. The second-order valence-corrected chi connectivity index (χ2v) is 5.42. The molecule has 0 aliphatic heterocycles. The molecule has 17 heavy (non-hydrogen) atoms. The number of anilines is 1. The van der Waals surface area contributed by atoms with Gasteiger partial charge in [-0.3, -0.25) is 9.52 Å². The first-order chi connectivity index (χ1) is 7.93. The van der Waals surface area contributed by atoms with Crippen LogP contribution in [0, 0.1) is 0 Å². The summed E-state index contributed by atoms with van der Waals surface area (Å²) in [6.07, 6.45) is 0. The molecule has 0 atom stereocenters. The van der Waals surface area contributed by atoms with E-state index in [-0.39, 0.29) is 6.61 Å². The smallest absolute Gasteiger partial charge is 0.255 e. The molecular weight excluding hydrogens is 268 g/mol. The summed E-state index contributed by atoms with van der Waals surface area (Å²) in [5.74, 6) is -0.282. The van der Waals surface area contributed by atoms with Gasteiger partial charge in [-0.05, 0) is 12.1 Å². The molecule has 0 fully saturated rings. The highest BCUT2D eigenvalue weighted by Crippen LogP contribution is 2.18. The number of carbonyl (C=O) groups is 1. The highest BCUT2D eigenvalue weighted by atomic mass is 35.5. The van der Waals surface area contributed by atoms with Crippen LogP contribution in [0.4, 0.5) is 5.69 Å². The van der Waals surface area contributed by atoms with Crippen LogP contribution in [0.3, 0.4) is 0 Å². The molecule has 94 valence electrons. The maximum absolute atomic E-state index is 11.2. The normalized spacial score (nSPS) is 10.9. The predicted octanol–water partition coefficient (Wildman–Crippen LogP) is 0.489. The van der Waals surface area contributed by atoms with E-state index in [4.69, 9.17) is 22.1 Å². The minimum atomic E-state index is -3.55. The Balaban J connectivity index is 2.76. The molecule has 8 heteroatoms. The van der Waals surface area contributed by atoms with Crippen LogP contribution in [-0.4, -0.2) is 26.1 Å². The van der Waals surface area contributed by atoms with Crippen molar-refractivity contribution in [1.29, 1.82) is 0 Å². The number of rotatable bonds is 6. The van der Waals surface area contributed by atoms with Gasteiger partial charge in [-0.15, -0.1) is 11.6 Å². The number of carbonyl (C=O) groups excluding carboxylic acids is 1. The van der Waals surface area contributed by atoms with Crippen molar-refractivity contribution >= 4 is 33.2 Å². The molecular formula is C9H11ClN2O4S. The van der Waals surface area contributed by atoms with E-state index < -0.39 is 21.1 Å². The van der Waals surface area contributed by atoms with Gasteiger partial charge in [0.2, 0.25) is 10.0 Å². The zero-order valence-electron chi connectivity index (χ0n) is 8.72. The van der Waals surface area contributed by atoms with Gasteiger partial charge in [0.05, 0.1) is 5.69 Å². The van der Waals surface area contributed by atoms with Crippen LogP contribution in [0.1, 0.15) is 0 Å². The highest BCUT2D eigenvalue weighted by Gasteiger charge is 2.08. The van der Waals surface area contributed by atoms with Crippen molar-refractivity contribution in [2.24, 2.45) is 5.73 Å². The Morgan fingerprint density at radius 2 is 2.18 bits per heavy atom. The van der Waals surface area contributed by atoms with Crippen LogP contribution in [0.25, 0.3) is 0 Å². The van der Waals surface area contributed by atoms with E-state index in [1.807, 2.05) is 0 Å². The average molecular weight is 279 g/mol. The van der Waals surface area contributed by atoms with Gasteiger partial charge in [-0.1, -0.05) is 6.07 Å². The van der Waals surface area contributed by atoms with Gasteiger partial charge in [-0.2, -0.15) is 0 Å². The summed E-state index contributed by atoms with van der Waals surface area (Å²) >= 11 is 5.24. The van der Waals surface area contributed by atoms with Gasteiger partial charge in [-0.25, -0.2) is 8.42 Å². The molecule has 0 bridgehead atoms. The van der Waals surface area contributed by atoms with Gasteiger partial charge < -0.3 is 10.5 Å². The molecule has 1 aromatic rings. The second kappa shape index (κ2) is 5.74. The van der Waals surface area contributed by atoms with Crippen LogP contribution in [0.15, 0.2) is 24.3 Å². The first kappa shape index (κ1) is 13.6. The molecule has 0 spiro atoms. The molecule has 0 aliphatic carbocycles. The first-order valence-corrected chi connectivity index (χ1v) is 6.69. The monoisotopic (exact) mass is 278 g/mol. The summed E-state index contributed by atoms with van der Waals surface area (Å²) in [5, 5.41) is -0.542. The second-order valence-electron chi connectivity index (χ2n) is 3.11. The first-order valence-electron chi connectivity index (χ1n) is 4.50. The Labute approximate surface area is 104 Å². The summed E-state index contributed by atoms with van der Waals surface area (Å²) in [4.78, 5) is 10.5. The zero-order valence-corrected chi connectivity index (χ0v) is 10.3. The maximum Gasteiger partial charge on any atom is 0.255 e. The van der Waals surface area contributed by atoms with Crippen molar-refractivity contribution in [1.82, 2.24) is 0 Å². The maximum atomic E-state index is 11.2. The van der Waals surface area contributed by atoms with Gasteiger partial charge in [0, 0.05) is 6.07 Å². The third-order valence-electron chi connectivity index (χ3n) is 1.63. The molecule has 1 amide bonds. The SMILES string of the molecule is NC(=O)COc1cccc(NS(=O)(=O)CCl)c1. The van der Waals surface area contributed by atoms with Crippen LogP contribution in [-0.2, 0) is 14.8 Å². The van der Waals surface area contributed by atoms with Crippen LogP contribution < -0.4 is 15.2 Å². The molecule has 0 unspecified atom stereocenters. The van der Waals surface area contributed by atoms with E-state index in [2.05, 4.69) is 4.72 Å². The lowest BCUT2D eigenvalue weighted by molar-refractivity contribution is -0.119. The highest BCUT2D eigenvalue weighted by molar-refractivity contribution is 7.93. The number of benzene rings is 1. The number of hydrogen-bond donors (Lipinski definition) is 2. The fourth-order valence-corrected chi connectivity index (χ4v) is 1.71. The van der Waals surface area contributed by atoms with E-state index in [0.717, 1.165) is 0 Å². The molecule has 0 saturated heterocycles. The Bertz CT molecular complexity index is 503. The average Bonchev–Trinajstić information content (AvgIpc) is 2.26. The number of ether oxygens (including phenoxy) is 1. The molecule has 1 rings (SSSR count). The number of hydrogen-bond acceptors (Lipinski definition) is 4. The third-order valence-corrected chi connectivity index (χ3v) is 3.33. The summed E-state index contributed by atoms with van der Waals surface area (Å²) < 4.78 is 29.6. The summed E-state index contributed by atoms with van der Waals surface area (Å²) in [6, 6.07) is 6.10. The van der Waals surface area contributed by atoms with E-state index in [9.17, 15) is 13.2 Å². The van der Waals surface area contributed by atoms with E-state index in [1.54, 1.807) is 12.1 Å². The van der Waals surface area contributed by atoms with Gasteiger partial charge in [0.15, 0.2) is 6.61 Å². The Hall–Kier alpha value is -1.47. The van der Waals surface area contributed by atoms with Gasteiger partial charge in [0.1, 0.15) is 11.0 Å². The number of nitrogens with two attached hydrogens (primary N) is 1. The number of primary amides is 1. The van der Waals surface area contributed by atoms with E-state index in [0.29, 0.717) is 11.4 Å². The summed E-state index contributed by atoms with van der Waals surface area (Å²) in [6.45, 7) is -0.272. The van der Waals surface area contributed by atoms with Gasteiger partial charge in [0.25, 0.3) is 5.91 Å². The van der Waals surface area contributed by atoms with Gasteiger partial charge >= 0.3 is 0 Å². The number of halogens is 1. The van der Waals surface area contributed by atoms with Crippen molar-refractivity contribution < 1.29 is 17.9 Å².